The maximum Gasteiger partial charge on any atom is 0.482 e. The van der Waals surface area contributed by atoms with Crippen molar-refractivity contribution in [1.82, 2.24) is 0 Å². The lowest BCUT2D eigenvalue weighted by Gasteiger charge is -2.15. The molecule has 0 nitrogen and oxygen atoms in total. The zero-order valence-electron chi connectivity index (χ0n) is 8.10. The fourth-order valence-electron chi connectivity index (χ4n) is 1.29. The fraction of sp³-hybridized carbons (Fsp3) is 0.200. The van der Waals surface area contributed by atoms with Gasteiger partial charge in [-0.2, -0.15) is 0 Å². The van der Waals surface area contributed by atoms with Crippen LogP contribution in [0.3, 0.4) is 0 Å². The summed E-state index contributed by atoms with van der Waals surface area (Å²) in [6.07, 6.45) is 4.28. The van der Waals surface area contributed by atoms with Gasteiger partial charge in [0.2, 0.25) is 0 Å². The Hall–Kier alpha value is -1.02. The van der Waals surface area contributed by atoms with Gasteiger partial charge in [0.1, 0.15) is 0 Å². The maximum absolute atomic E-state index is 12.2. The van der Waals surface area contributed by atoms with E-state index in [1.54, 1.807) is 6.92 Å². The second-order valence-corrected chi connectivity index (χ2v) is 3.83. The molecular weight excluding hydrogens is 220 g/mol. The standard InChI is InChI=1S/C10H9BF3S/c1-3-9-4-8(6-11(12,13)14)5-10(15)7(9)2/h1,4-5,15H,6H2,2H3/q-1. The third-order valence-corrected chi connectivity index (χ3v) is 2.53. The molecule has 0 spiro atoms. The van der Waals surface area contributed by atoms with Crippen molar-refractivity contribution in [3.8, 4) is 12.3 Å². The largest absolute Gasteiger partial charge is 0.482 e. The molecule has 0 radical (unpaired) electrons. The van der Waals surface area contributed by atoms with Crippen LogP contribution in [-0.4, -0.2) is 6.98 Å². The molecule has 0 bridgehead atoms. The number of terminal acetylenes is 1. The third-order valence-electron chi connectivity index (χ3n) is 2.06. The molecule has 80 valence electrons. The van der Waals surface area contributed by atoms with Crippen molar-refractivity contribution in [3.05, 3.63) is 28.8 Å². The van der Waals surface area contributed by atoms with Crippen molar-refractivity contribution in [3.63, 3.8) is 0 Å². The lowest BCUT2D eigenvalue weighted by atomic mass is 9.81. The number of halogens is 3. The van der Waals surface area contributed by atoms with Crippen molar-refractivity contribution >= 4 is 19.6 Å². The fourth-order valence-corrected chi connectivity index (χ4v) is 1.58. The summed E-state index contributed by atoms with van der Waals surface area (Å²) in [7, 11) is 0. The summed E-state index contributed by atoms with van der Waals surface area (Å²) in [5.74, 6) is 2.35. The molecule has 0 aromatic heterocycles. The van der Waals surface area contributed by atoms with E-state index in [9.17, 15) is 12.9 Å². The summed E-state index contributed by atoms with van der Waals surface area (Å²) in [4.78, 5) is 0.500. The smallest absolute Gasteiger partial charge is 0.449 e. The van der Waals surface area contributed by atoms with E-state index in [1.807, 2.05) is 0 Å². The van der Waals surface area contributed by atoms with Gasteiger partial charge >= 0.3 is 6.98 Å². The highest BCUT2D eigenvalue weighted by molar-refractivity contribution is 7.80. The topological polar surface area (TPSA) is 0 Å². The predicted molar refractivity (Wildman–Crippen MR) is 59.1 cm³/mol. The van der Waals surface area contributed by atoms with Crippen molar-refractivity contribution in [1.29, 1.82) is 0 Å². The van der Waals surface area contributed by atoms with E-state index >= 15 is 0 Å². The first-order chi connectivity index (χ1) is 6.83. The minimum atomic E-state index is -4.83. The Morgan fingerprint density at radius 1 is 1.40 bits per heavy atom. The molecule has 0 unspecified atom stereocenters. The van der Waals surface area contributed by atoms with Gasteiger partial charge in [-0.3, -0.25) is 0 Å². The molecule has 0 aliphatic carbocycles. The van der Waals surface area contributed by atoms with Crippen LogP contribution >= 0.6 is 12.6 Å². The minimum Gasteiger partial charge on any atom is -0.449 e. The van der Waals surface area contributed by atoms with Crippen LogP contribution in [0, 0.1) is 19.3 Å². The summed E-state index contributed by atoms with van der Waals surface area (Å²) in [5.41, 5.74) is 1.38. The summed E-state index contributed by atoms with van der Waals surface area (Å²) < 4.78 is 36.6. The molecule has 5 heteroatoms. The monoisotopic (exact) mass is 229 g/mol. The average Bonchev–Trinajstić information content (AvgIpc) is 2.08. The second-order valence-electron chi connectivity index (χ2n) is 3.35. The molecule has 0 aliphatic rings. The van der Waals surface area contributed by atoms with Gasteiger partial charge in [0.05, 0.1) is 0 Å². The molecule has 0 fully saturated rings. The Kier molecular flexibility index (Phi) is 3.40. The molecule has 0 heterocycles. The van der Waals surface area contributed by atoms with Crippen LogP contribution < -0.4 is 0 Å². The van der Waals surface area contributed by atoms with Crippen molar-refractivity contribution in [2.45, 2.75) is 18.1 Å². The summed E-state index contributed by atoms with van der Waals surface area (Å²) in [5, 5.41) is 0. The normalized spacial score (nSPS) is 11.2. The molecule has 0 aliphatic heterocycles. The Labute approximate surface area is 92.3 Å². The lowest BCUT2D eigenvalue weighted by molar-refractivity contribution is 0.468. The number of rotatable bonds is 2. The Balaban J connectivity index is 3.13. The first kappa shape index (κ1) is 12.1. The highest BCUT2D eigenvalue weighted by Crippen LogP contribution is 2.23. The van der Waals surface area contributed by atoms with Gasteiger partial charge in [0.15, 0.2) is 0 Å². The van der Waals surface area contributed by atoms with Crippen LogP contribution in [0.25, 0.3) is 0 Å². The number of thiol groups is 1. The first-order valence-electron chi connectivity index (χ1n) is 4.33. The van der Waals surface area contributed by atoms with Crippen LogP contribution in [0.4, 0.5) is 12.9 Å². The van der Waals surface area contributed by atoms with Crippen molar-refractivity contribution < 1.29 is 12.9 Å². The Morgan fingerprint density at radius 2 is 2.00 bits per heavy atom. The molecule has 1 aromatic rings. The van der Waals surface area contributed by atoms with Gasteiger partial charge in [-0.05, 0) is 24.6 Å². The van der Waals surface area contributed by atoms with Crippen LogP contribution in [0.5, 0.6) is 0 Å². The summed E-state index contributed by atoms with van der Waals surface area (Å²) in [6, 6.07) is 2.80. The quantitative estimate of drug-likeness (QED) is 0.449. The Morgan fingerprint density at radius 3 is 2.47 bits per heavy atom. The number of hydrogen-bond donors (Lipinski definition) is 1. The molecule has 1 rings (SSSR count). The van der Waals surface area contributed by atoms with Gasteiger partial charge in [-0.25, -0.2) is 0 Å². The van der Waals surface area contributed by atoms with Gasteiger partial charge in [-0.15, -0.1) is 19.1 Å². The van der Waals surface area contributed by atoms with Crippen LogP contribution in [0.15, 0.2) is 17.0 Å². The molecule has 15 heavy (non-hydrogen) atoms. The molecular formula is C10H9BF3S-. The van der Waals surface area contributed by atoms with Crippen molar-refractivity contribution in [2.75, 3.05) is 0 Å². The Bertz CT molecular complexity index is 418. The summed E-state index contributed by atoms with van der Waals surface area (Å²) >= 11 is 4.08. The van der Waals surface area contributed by atoms with E-state index in [0.717, 1.165) is 5.56 Å². The molecule has 0 amide bonds. The zero-order valence-corrected chi connectivity index (χ0v) is 8.99. The van der Waals surface area contributed by atoms with E-state index in [4.69, 9.17) is 6.42 Å². The van der Waals surface area contributed by atoms with Gasteiger partial charge < -0.3 is 12.9 Å². The molecule has 0 N–H and O–H groups in total. The number of hydrogen-bond acceptors (Lipinski definition) is 1. The van der Waals surface area contributed by atoms with Crippen LogP contribution in [0.2, 0.25) is 0 Å². The van der Waals surface area contributed by atoms with Crippen LogP contribution in [-0.2, 0) is 6.32 Å². The predicted octanol–water partition coefficient (Wildman–Crippen LogP) is 3.19. The van der Waals surface area contributed by atoms with E-state index in [2.05, 4.69) is 18.5 Å². The number of benzene rings is 1. The van der Waals surface area contributed by atoms with Gasteiger partial charge in [-0.1, -0.05) is 17.8 Å². The molecule has 0 atom stereocenters. The van der Waals surface area contributed by atoms with Gasteiger partial charge in [0.25, 0.3) is 0 Å². The maximum atomic E-state index is 12.2. The summed E-state index contributed by atoms with van der Waals surface area (Å²) in [6.45, 7) is -3.09. The third kappa shape index (κ3) is 3.24. The first-order valence-corrected chi connectivity index (χ1v) is 4.78. The van der Waals surface area contributed by atoms with Crippen molar-refractivity contribution in [2.24, 2.45) is 0 Å². The SMILES string of the molecule is C#Cc1cc(C[B-](F)(F)F)cc(S)c1C. The molecule has 1 aromatic carbocycles. The highest BCUT2D eigenvalue weighted by Gasteiger charge is 2.23. The van der Waals surface area contributed by atoms with E-state index < -0.39 is 13.3 Å². The van der Waals surface area contributed by atoms with E-state index in [1.165, 1.54) is 12.1 Å². The highest BCUT2D eigenvalue weighted by atomic mass is 32.1. The van der Waals surface area contributed by atoms with Crippen LogP contribution in [0.1, 0.15) is 16.7 Å². The van der Waals surface area contributed by atoms with E-state index in [0.29, 0.717) is 10.5 Å². The average molecular weight is 229 g/mol. The minimum absolute atomic E-state index is 0.172. The second kappa shape index (κ2) is 4.24. The van der Waals surface area contributed by atoms with Gasteiger partial charge in [0, 0.05) is 10.5 Å². The zero-order chi connectivity index (χ0) is 11.6. The molecule has 0 saturated heterocycles. The lowest BCUT2D eigenvalue weighted by Crippen LogP contribution is -2.19. The molecule has 0 saturated carbocycles. The van der Waals surface area contributed by atoms with E-state index in [-0.39, 0.29) is 5.56 Å².